The van der Waals surface area contributed by atoms with Crippen molar-refractivity contribution in [2.24, 2.45) is 0 Å². The molecule has 238 valence electrons. The summed E-state index contributed by atoms with van der Waals surface area (Å²) in [6, 6.07) is 59.7. The summed E-state index contributed by atoms with van der Waals surface area (Å²) < 4.78 is 0. The van der Waals surface area contributed by atoms with Crippen LogP contribution in [0.2, 0.25) is 0 Å². The third-order valence-electron chi connectivity index (χ3n) is 9.38. The van der Waals surface area contributed by atoms with Crippen molar-refractivity contribution in [3.05, 3.63) is 180 Å². The summed E-state index contributed by atoms with van der Waals surface area (Å²) in [6.45, 7) is 2.09. The summed E-state index contributed by atoms with van der Waals surface area (Å²) in [5.41, 5.74) is 8.73. The van der Waals surface area contributed by atoms with Crippen LogP contribution >= 0.6 is 0 Å². The van der Waals surface area contributed by atoms with Crippen LogP contribution in [0.3, 0.4) is 0 Å². The molecule has 0 N–H and O–H groups in total. The van der Waals surface area contributed by atoms with Gasteiger partial charge < -0.3 is 9.80 Å². The second-order valence-corrected chi connectivity index (χ2v) is 12.5. The van der Waals surface area contributed by atoms with Crippen LogP contribution in [0, 0.1) is 40.9 Å². The Balaban J connectivity index is 1.44. The molecule has 0 saturated carbocycles. The van der Waals surface area contributed by atoms with Crippen LogP contribution < -0.4 is 9.80 Å². The molecule has 0 unspecified atom stereocenters. The first kappa shape index (κ1) is 30.9. The number of nitriles is 3. The summed E-state index contributed by atoms with van der Waals surface area (Å²) in [4.78, 5) is 4.47. The van der Waals surface area contributed by atoms with Gasteiger partial charge in [0.25, 0.3) is 0 Å². The van der Waals surface area contributed by atoms with E-state index in [1.807, 2.05) is 72.8 Å². The zero-order valence-corrected chi connectivity index (χ0v) is 27.7. The largest absolute Gasteiger partial charge is 0.310 e. The molecular weight excluding hydrogens is 623 g/mol. The van der Waals surface area contributed by atoms with E-state index in [-0.39, 0.29) is 0 Å². The Morgan fingerprint density at radius 1 is 0.353 bits per heavy atom. The molecule has 5 nitrogen and oxygen atoms in total. The third kappa shape index (κ3) is 5.54. The number of anilines is 6. The molecule has 0 saturated heterocycles. The van der Waals surface area contributed by atoms with Gasteiger partial charge in [-0.1, -0.05) is 66.2 Å². The first-order chi connectivity index (χ1) is 25.1. The highest BCUT2D eigenvalue weighted by Crippen LogP contribution is 2.47. The Hall–Kier alpha value is -7.39. The highest BCUT2D eigenvalue weighted by atomic mass is 15.1. The number of aryl methyl sites for hydroxylation is 1. The maximum absolute atomic E-state index is 9.55. The number of benzene rings is 8. The summed E-state index contributed by atoms with van der Waals surface area (Å²) in [7, 11) is 0. The van der Waals surface area contributed by atoms with E-state index < -0.39 is 0 Å². The van der Waals surface area contributed by atoms with E-state index >= 15 is 0 Å². The van der Waals surface area contributed by atoms with E-state index in [9.17, 15) is 15.8 Å². The topological polar surface area (TPSA) is 77.8 Å². The molecule has 0 aromatic heterocycles. The number of fused-ring (bicyclic) bond motifs is 5. The van der Waals surface area contributed by atoms with Gasteiger partial charge in [-0.3, -0.25) is 0 Å². The van der Waals surface area contributed by atoms with Crippen LogP contribution in [0.25, 0.3) is 32.3 Å². The van der Waals surface area contributed by atoms with Gasteiger partial charge in [-0.2, -0.15) is 15.8 Å². The van der Waals surface area contributed by atoms with Crippen molar-refractivity contribution in [2.45, 2.75) is 6.92 Å². The number of hydrogen-bond donors (Lipinski definition) is 0. The molecule has 0 aliphatic carbocycles. The van der Waals surface area contributed by atoms with Crippen molar-refractivity contribution in [2.75, 3.05) is 9.80 Å². The minimum atomic E-state index is 0.584. The number of nitrogens with zero attached hydrogens (tertiary/aromatic N) is 5. The van der Waals surface area contributed by atoms with Crippen molar-refractivity contribution in [1.29, 1.82) is 15.8 Å². The Kier molecular flexibility index (Phi) is 7.82. The first-order valence-corrected chi connectivity index (χ1v) is 16.6. The van der Waals surface area contributed by atoms with Gasteiger partial charge in [0.05, 0.1) is 46.3 Å². The standard InChI is InChI=1S/C46H29N5/c1-31-10-18-35(19-11-31)50(36-20-12-32(28-47)13-21-36)45-26-43-40-7-3-5-9-42(40)46(27-44(43)39-6-2-4-8-41(39)45)51(37-22-14-33(29-48)15-23-37)38-24-16-34(30-49)17-25-38/h2-27H,1H3. The predicted molar refractivity (Wildman–Crippen MR) is 207 cm³/mol. The summed E-state index contributed by atoms with van der Waals surface area (Å²) in [5, 5.41) is 35.2. The molecule has 0 aliphatic heterocycles. The van der Waals surface area contributed by atoms with Crippen LogP contribution in [0.5, 0.6) is 0 Å². The molecule has 51 heavy (non-hydrogen) atoms. The Bertz CT molecular complexity index is 2650. The van der Waals surface area contributed by atoms with E-state index in [4.69, 9.17) is 0 Å². The van der Waals surface area contributed by atoms with Gasteiger partial charge in [0.1, 0.15) is 0 Å². The highest BCUT2D eigenvalue weighted by Gasteiger charge is 2.22. The quantitative estimate of drug-likeness (QED) is 0.167. The molecule has 8 rings (SSSR count). The third-order valence-corrected chi connectivity index (χ3v) is 9.38. The zero-order valence-electron chi connectivity index (χ0n) is 27.7. The molecule has 0 fully saturated rings. The van der Waals surface area contributed by atoms with Gasteiger partial charge in [-0.25, -0.2) is 0 Å². The maximum atomic E-state index is 9.55. The van der Waals surface area contributed by atoms with Crippen LogP contribution in [0.1, 0.15) is 22.3 Å². The lowest BCUT2D eigenvalue weighted by Gasteiger charge is -2.30. The molecular formula is C46H29N5. The number of rotatable bonds is 6. The molecule has 0 atom stereocenters. The van der Waals surface area contributed by atoms with Crippen molar-refractivity contribution in [3.63, 3.8) is 0 Å². The average Bonchev–Trinajstić information content (AvgIpc) is 3.20. The molecule has 8 aromatic carbocycles. The zero-order chi connectivity index (χ0) is 34.9. The van der Waals surface area contributed by atoms with E-state index in [0.717, 1.165) is 66.4 Å². The van der Waals surface area contributed by atoms with E-state index in [0.29, 0.717) is 16.7 Å². The first-order valence-electron chi connectivity index (χ1n) is 16.6. The Labute approximate surface area is 296 Å². The van der Waals surface area contributed by atoms with Crippen LogP contribution in [-0.4, -0.2) is 0 Å². The van der Waals surface area contributed by atoms with Crippen molar-refractivity contribution < 1.29 is 0 Å². The van der Waals surface area contributed by atoms with Crippen LogP contribution in [0.15, 0.2) is 158 Å². The SMILES string of the molecule is Cc1ccc(N(c2ccc(C#N)cc2)c2cc3c4ccccc4c(N(c4ccc(C#N)cc4)c4ccc(C#N)cc4)cc3c3ccccc23)cc1. The Morgan fingerprint density at radius 3 is 0.961 bits per heavy atom. The summed E-state index contributed by atoms with van der Waals surface area (Å²) in [5.74, 6) is 0. The molecule has 8 aromatic rings. The average molecular weight is 652 g/mol. The fraction of sp³-hybridized carbons (Fsp3) is 0.0217. The van der Waals surface area contributed by atoms with Crippen LogP contribution in [0.4, 0.5) is 34.1 Å². The molecule has 0 bridgehead atoms. The molecule has 0 radical (unpaired) electrons. The lowest BCUT2D eigenvalue weighted by Crippen LogP contribution is -2.12. The minimum Gasteiger partial charge on any atom is -0.310 e. The molecule has 0 amide bonds. The van der Waals surface area contributed by atoms with Gasteiger partial charge in [0.2, 0.25) is 0 Å². The fourth-order valence-electron chi connectivity index (χ4n) is 6.89. The smallest absolute Gasteiger partial charge is 0.0991 e. The lowest BCUT2D eigenvalue weighted by molar-refractivity contribution is 1.29. The van der Waals surface area contributed by atoms with Gasteiger partial charge in [-0.05, 0) is 126 Å². The van der Waals surface area contributed by atoms with Gasteiger partial charge in [-0.15, -0.1) is 0 Å². The van der Waals surface area contributed by atoms with Crippen LogP contribution in [-0.2, 0) is 0 Å². The molecule has 0 heterocycles. The van der Waals surface area contributed by atoms with E-state index in [1.165, 1.54) is 5.56 Å². The van der Waals surface area contributed by atoms with Crippen molar-refractivity contribution >= 4 is 66.4 Å². The minimum absolute atomic E-state index is 0.584. The molecule has 0 spiro atoms. The monoisotopic (exact) mass is 651 g/mol. The summed E-state index contributed by atoms with van der Waals surface area (Å²) in [6.07, 6.45) is 0. The predicted octanol–water partition coefficient (Wildman–Crippen LogP) is 12.0. The maximum Gasteiger partial charge on any atom is 0.0991 e. The normalized spacial score (nSPS) is 10.8. The Morgan fingerprint density at radius 2 is 0.647 bits per heavy atom. The van der Waals surface area contributed by atoms with Gasteiger partial charge in [0, 0.05) is 33.5 Å². The molecule has 5 heteroatoms. The second kappa shape index (κ2) is 12.9. The van der Waals surface area contributed by atoms with E-state index in [1.54, 1.807) is 0 Å². The highest BCUT2D eigenvalue weighted by molar-refractivity contribution is 6.24. The summed E-state index contributed by atoms with van der Waals surface area (Å²) >= 11 is 0. The second-order valence-electron chi connectivity index (χ2n) is 12.5. The van der Waals surface area contributed by atoms with E-state index in [2.05, 4.69) is 120 Å². The van der Waals surface area contributed by atoms with Gasteiger partial charge >= 0.3 is 0 Å². The molecule has 0 aliphatic rings. The fourth-order valence-corrected chi connectivity index (χ4v) is 6.89. The number of hydrogen-bond acceptors (Lipinski definition) is 5. The van der Waals surface area contributed by atoms with Gasteiger partial charge in [0.15, 0.2) is 0 Å². The van der Waals surface area contributed by atoms with Crippen molar-refractivity contribution in [3.8, 4) is 18.2 Å². The van der Waals surface area contributed by atoms with Crippen molar-refractivity contribution in [1.82, 2.24) is 0 Å². The lowest BCUT2D eigenvalue weighted by atomic mass is 9.93.